The predicted molar refractivity (Wildman–Crippen MR) is 151 cm³/mol. The molecule has 0 spiro atoms. The van der Waals surface area contributed by atoms with Crippen molar-refractivity contribution in [3.8, 4) is 11.5 Å². The average molecular weight is 547 g/mol. The van der Waals surface area contributed by atoms with E-state index in [1.165, 1.54) is 6.92 Å². The Labute approximate surface area is 233 Å². The van der Waals surface area contributed by atoms with Gasteiger partial charge in [0, 0.05) is 35.5 Å². The number of aromatic nitrogens is 1. The molecule has 2 heterocycles. The van der Waals surface area contributed by atoms with Gasteiger partial charge in [-0.1, -0.05) is 30.3 Å². The molecule has 0 radical (unpaired) electrons. The van der Waals surface area contributed by atoms with E-state index in [1.54, 1.807) is 66.7 Å². The summed E-state index contributed by atoms with van der Waals surface area (Å²) < 4.78 is 13.2. The molecule has 9 nitrogen and oxygen atoms in total. The van der Waals surface area contributed by atoms with E-state index in [4.69, 9.17) is 9.47 Å². The Kier molecular flexibility index (Phi) is 6.39. The van der Waals surface area contributed by atoms with Crippen molar-refractivity contribution in [2.75, 3.05) is 0 Å². The highest BCUT2D eigenvalue weighted by atomic mass is 16.7. The number of hydrogen-bond acceptors (Lipinski definition) is 8. The van der Waals surface area contributed by atoms with Gasteiger partial charge in [-0.2, -0.15) is 0 Å². The number of carbonyl (C=O) groups excluding carboxylic acids is 4. The molecular weight excluding hydrogens is 524 g/mol. The number of para-hydroxylation sites is 1. The maximum atomic E-state index is 13.5. The van der Waals surface area contributed by atoms with Crippen LogP contribution >= 0.6 is 0 Å². The lowest BCUT2D eigenvalue weighted by Gasteiger charge is -2.06. The van der Waals surface area contributed by atoms with Crippen molar-refractivity contribution < 1.29 is 33.5 Å². The summed E-state index contributed by atoms with van der Waals surface area (Å²) in [5, 5.41) is 4.93. The molecule has 0 fully saturated rings. The lowest BCUT2D eigenvalue weighted by molar-refractivity contribution is -0.141. The van der Waals surface area contributed by atoms with Gasteiger partial charge in [0.1, 0.15) is 5.75 Å². The first-order valence-electron chi connectivity index (χ1n) is 12.8. The second kappa shape index (κ2) is 10.2. The number of ether oxygens (including phenoxy) is 2. The van der Waals surface area contributed by atoms with E-state index in [2.05, 4.69) is 14.6 Å². The third-order valence-electron chi connectivity index (χ3n) is 6.79. The first-order chi connectivity index (χ1) is 19.9. The fourth-order valence-electron chi connectivity index (χ4n) is 4.93. The highest BCUT2D eigenvalue weighted by Crippen LogP contribution is 2.41. The van der Waals surface area contributed by atoms with Crippen molar-refractivity contribution in [2.24, 2.45) is 5.16 Å². The van der Waals surface area contributed by atoms with E-state index in [1.807, 2.05) is 25.1 Å². The number of oxime groups is 1. The smallest absolute Gasteiger partial charge is 0.343 e. The summed E-state index contributed by atoms with van der Waals surface area (Å²) in [7, 11) is 0. The van der Waals surface area contributed by atoms with E-state index < -0.39 is 17.7 Å². The van der Waals surface area contributed by atoms with Gasteiger partial charge in [-0.25, -0.2) is 9.59 Å². The molecular formula is C32H22N2O7. The fraction of sp³-hybridized carbons (Fsp3) is 0.0938. The zero-order valence-electron chi connectivity index (χ0n) is 22.0. The minimum atomic E-state index is -0.679. The molecule has 1 aliphatic rings. The summed E-state index contributed by atoms with van der Waals surface area (Å²) in [6.45, 7) is 3.80. The SMILES string of the molecule is CCn1c2ccc(C(=O)c3ccc(C(=O)Oc4ccccc4)cc3)cc2c2c3c(ccc21)C(=O)C(=NOC(C)=O)O3. The molecule has 4 aromatic carbocycles. The van der Waals surface area contributed by atoms with E-state index in [9.17, 15) is 19.2 Å². The summed E-state index contributed by atoms with van der Waals surface area (Å²) in [5.74, 6) is -1.56. The first kappa shape index (κ1) is 25.7. The van der Waals surface area contributed by atoms with Crippen molar-refractivity contribution >= 4 is 51.2 Å². The van der Waals surface area contributed by atoms with Crippen molar-refractivity contribution in [2.45, 2.75) is 20.4 Å². The molecule has 0 saturated carbocycles. The molecule has 9 heteroatoms. The molecule has 202 valence electrons. The Morgan fingerprint density at radius 2 is 1.54 bits per heavy atom. The van der Waals surface area contributed by atoms with Gasteiger partial charge in [-0.3, -0.25) is 9.59 Å². The van der Waals surface area contributed by atoms with Crippen molar-refractivity contribution in [3.05, 3.63) is 107 Å². The van der Waals surface area contributed by atoms with Crippen LogP contribution in [0.4, 0.5) is 0 Å². The van der Waals surface area contributed by atoms with Crippen molar-refractivity contribution in [1.82, 2.24) is 4.57 Å². The van der Waals surface area contributed by atoms with Crippen LogP contribution in [0.15, 0.2) is 90.1 Å². The lowest BCUT2D eigenvalue weighted by Crippen LogP contribution is -2.13. The van der Waals surface area contributed by atoms with Crippen LogP contribution in [-0.2, 0) is 16.2 Å². The molecule has 0 atom stereocenters. The van der Waals surface area contributed by atoms with E-state index in [0.29, 0.717) is 45.5 Å². The number of Topliss-reactive ketones (excluding diaryl/α,β-unsaturated/α-hetero) is 1. The highest BCUT2D eigenvalue weighted by Gasteiger charge is 2.33. The number of ketones is 2. The molecule has 5 aromatic rings. The quantitative estimate of drug-likeness (QED) is 0.0880. The van der Waals surface area contributed by atoms with Crippen LogP contribution < -0.4 is 9.47 Å². The Morgan fingerprint density at radius 1 is 0.854 bits per heavy atom. The standard InChI is InChI=1S/C32H22N2O7/c1-3-34-25-15-13-21(28(36)19-9-11-20(12-10-19)32(38)39-22-7-5-4-6-8-22)17-24(25)27-26(34)16-14-23-29(37)31(40-30(23)27)33-41-18(2)35/h4-17H,3H2,1-2H3. The molecule has 0 saturated heterocycles. The minimum Gasteiger partial charge on any atom is -0.432 e. The Hall–Kier alpha value is -5.57. The maximum Gasteiger partial charge on any atom is 0.343 e. The summed E-state index contributed by atoms with van der Waals surface area (Å²) in [4.78, 5) is 54.7. The summed E-state index contributed by atoms with van der Waals surface area (Å²) in [5.41, 5.74) is 3.08. The van der Waals surface area contributed by atoms with Gasteiger partial charge in [0.25, 0.3) is 5.78 Å². The van der Waals surface area contributed by atoms with Crippen LogP contribution in [0.2, 0.25) is 0 Å². The molecule has 1 aromatic heterocycles. The van der Waals surface area contributed by atoms with Gasteiger partial charge in [-0.15, -0.1) is 0 Å². The summed E-state index contributed by atoms with van der Waals surface area (Å²) in [6.07, 6.45) is 0. The number of nitrogens with zero attached hydrogens (tertiary/aromatic N) is 2. The van der Waals surface area contributed by atoms with Crippen molar-refractivity contribution in [1.29, 1.82) is 0 Å². The molecule has 0 N–H and O–H groups in total. The van der Waals surface area contributed by atoms with Crippen molar-refractivity contribution in [3.63, 3.8) is 0 Å². The normalized spacial score (nSPS) is 13.3. The second-order valence-corrected chi connectivity index (χ2v) is 9.33. The predicted octanol–water partition coefficient (Wildman–Crippen LogP) is 5.72. The molecule has 0 unspecified atom stereocenters. The molecule has 0 amide bonds. The number of carbonyl (C=O) groups is 4. The molecule has 41 heavy (non-hydrogen) atoms. The summed E-state index contributed by atoms with van der Waals surface area (Å²) in [6, 6.07) is 23.8. The van der Waals surface area contributed by atoms with E-state index >= 15 is 0 Å². The lowest BCUT2D eigenvalue weighted by atomic mass is 9.99. The third kappa shape index (κ3) is 4.53. The molecule has 0 aliphatic carbocycles. The summed E-state index contributed by atoms with van der Waals surface area (Å²) >= 11 is 0. The van der Waals surface area contributed by atoms with Crippen LogP contribution in [0.3, 0.4) is 0 Å². The second-order valence-electron chi connectivity index (χ2n) is 9.33. The maximum absolute atomic E-state index is 13.5. The van der Waals surface area contributed by atoms with Crippen LogP contribution in [0.25, 0.3) is 21.8 Å². The monoisotopic (exact) mass is 546 g/mol. The topological polar surface area (TPSA) is 113 Å². The van der Waals surface area contributed by atoms with Gasteiger partial charge in [0.05, 0.1) is 22.0 Å². The number of esters is 1. The van der Waals surface area contributed by atoms with Crippen LogP contribution in [0, 0.1) is 0 Å². The average Bonchev–Trinajstić information content (AvgIpc) is 3.49. The Bertz CT molecular complexity index is 1920. The van der Waals surface area contributed by atoms with Gasteiger partial charge in [0.15, 0.2) is 11.5 Å². The zero-order chi connectivity index (χ0) is 28.7. The van der Waals surface area contributed by atoms with E-state index in [-0.39, 0.29) is 17.2 Å². The van der Waals surface area contributed by atoms with Crippen LogP contribution in [0.1, 0.15) is 50.5 Å². The minimum absolute atomic E-state index is 0.242. The number of aryl methyl sites for hydroxylation is 1. The third-order valence-corrected chi connectivity index (χ3v) is 6.79. The van der Waals surface area contributed by atoms with Gasteiger partial charge >= 0.3 is 17.8 Å². The largest absolute Gasteiger partial charge is 0.432 e. The fourth-order valence-corrected chi connectivity index (χ4v) is 4.93. The Balaban J connectivity index is 1.36. The molecule has 6 rings (SSSR count). The highest BCUT2D eigenvalue weighted by molar-refractivity contribution is 6.47. The first-order valence-corrected chi connectivity index (χ1v) is 12.8. The number of hydrogen-bond donors (Lipinski definition) is 0. The zero-order valence-corrected chi connectivity index (χ0v) is 22.0. The van der Waals surface area contributed by atoms with Crippen LogP contribution in [0.5, 0.6) is 11.5 Å². The molecule has 1 aliphatic heterocycles. The van der Waals surface area contributed by atoms with Crippen LogP contribution in [-0.4, -0.2) is 34.0 Å². The molecule has 0 bridgehead atoms. The number of benzene rings is 4. The van der Waals surface area contributed by atoms with Gasteiger partial charge < -0.3 is 18.9 Å². The number of fused-ring (bicyclic) bond motifs is 5. The van der Waals surface area contributed by atoms with Gasteiger partial charge in [0.2, 0.25) is 0 Å². The van der Waals surface area contributed by atoms with Gasteiger partial charge in [-0.05, 0) is 66.7 Å². The van der Waals surface area contributed by atoms with E-state index in [0.717, 1.165) is 11.0 Å². The Morgan fingerprint density at radius 3 is 2.24 bits per heavy atom. The number of rotatable bonds is 6.